The summed E-state index contributed by atoms with van der Waals surface area (Å²) in [6.45, 7) is 0.187. The number of rotatable bonds is 6. The molecule has 0 aromatic carbocycles. The molecule has 4 fully saturated rings. The highest BCUT2D eigenvalue weighted by Gasteiger charge is 2.72. The van der Waals surface area contributed by atoms with Gasteiger partial charge in [-0.25, -0.2) is 10.3 Å². The van der Waals surface area contributed by atoms with Crippen molar-refractivity contribution in [3.63, 3.8) is 0 Å². The summed E-state index contributed by atoms with van der Waals surface area (Å²) in [5, 5.41) is 3.85. The molecule has 2 aliphatic carbocycles. The number of carbonyl (C=O) groups excluding carboxylic acids is 2. The highest BCUT2D eigenvalue weighted by molar-refractivity contribution is 7.80. The summed E-state index contributed by atoms with van der Waals surface area (Å²) in [5.41, 5.74) is 1.59. The van der Waals surface area contributed by atoms with Crippen LogP contribution in [0.1, 0.15) is 32.1 Å². The fourth-order valence-corrected chi connectivity index (χ4v) is 5.23. The number of hydrogen-bond donors (Lipinski definition) is 3. The van der Waals surface area contributed by atoms with Gasteiger partial charge >= 0.3 is 16.4 Å². The number of urea groups is 1. The van der Waals surface area contributed by atoms with E-state index in [1.807, 2.05) is 7.05 Å². The zero-order chi connectivity index (χ0) is 18.7. The molecule has 146 valence electrons. The van der Waals surface area contributed by atoms with Gasteiger partial charge < -0.3 is 10.2 Å². The summed E-state index contributed by atoms with van der Waals surface area (Å²) in [7, 11) is -2.97. The Morgan fingerprint density at radius 1 is 1.35 bits per heavy atom. The first-order valence-electron chi connectivity index (χ1n) is 8.67. The first-order valence-corrected chi connectivity index (χ1v) is 10.0. The molecule has 26 heavy (non-hydrogen) atoms. The molecule has 2 saturated heterocycles. The summed E-state index contributed by atoms with van der Waals surface area (Å²) < 4.78 is 35.4. The lowest BCUT2D eigenvalue weighted by atomic mass is 9.65. The maximum absolute atomic E-state index is 12.6. The van der Waals surface area contributed by atoms with Crippen LogP contribution in [-0.2, 0) is 24.3 Å². The van der Waals surface area contributed by atoms with Gasteiger partial charge in [-0.05, 0) is 39.2 Å². The molecule has 1 spiro atoms. The molecule has 5 atom stereocenters. The van der Waals surface area contributed by atoms with Crippen LogP contribution in [0.15, 0.2) is 0 Å². The van der Waals surface area contributed by atoms with Crippen molar-refractivity contribution in [2.24, 2.45) is 5.92 Å². The summed E-state index contributed by atoms with van der Waals surface area (Å²) in [4.78, 5) is 31.9. The third-order valence-corrected chi connectivity index (χ3v) is 6.47. The Bertz CT molecular complexity index is 731. The molecule has 3 N–H and O–H groups in total. The molecular formula is C14H22N4O7S. The molecular weight excluding hydrogens is 368 g/mol. The predicted molar refractivity (Wildman–Crippen MR) is 85.5 cm³/mol. The molecule has 0 aromatic heterocycles. The maximum Gasteiger partial charge on any atom is 0.418 e. The van der Waals surface area contributed by atoms with E-state index in [0.29, 0.717) is 17.9 Å². The number of carbonyl (C=O) groups is 2. The van der Waals surface area contributed by atoms with E-state index in [0.717, 1.165) is 19.3 Å². The largest absolute Gasteiger partial charge is 0.418 e. The quantitative estimate of drug-likeness (QED) is 0.395. The van der Waals surface area contributed by atoms with E-state index in [9.17, 15) is 18.0 Å². The molecule has 2 bridgehead atoms. The molecule has 12 heteroatoms. The van der Waals surface area contributed by atoms with Gasteiger partial charge in [0.1, 0.15) is 12.1 Å². The van der Waals surface area contributed by atoms with Gasteiger partial charge in [-0.3, -0.25) is 14.2 Å². The van der Waals surface area contributed by atoms with E-state index in [4.69, 9.17) is 9.39 Å². The summed E-state index contributed by atoms with van der Waals surface area (Å²) >= 11 is 0. The topological polar surface area (TPSA) is 138 Å². The van der Waals surface area contributed by atoms with Crippen LogP contribution in [0.25, 0.3) is 0 Å². The van der Waals surface area contributed by atoms with Gasteiger partial charge in [-0.15, -0.1) is 4.28 Å². The van der Waals surface area contributed by atoms with Gasteiger partial charge in [0.15, 0.2) is 0 Å². The molecule has 2 heterocycles. The first-order chi connectivity index (χ1) is 12.3. The van der Waals surface area contributed by atoms with Crippen LogP contribution < -0.4 is 10.8 Å². The smallest absolute Gasteiger partial charge is 0.314 e. The number of fused-ring (bicyclic) bond motifs is 1. The SMILES string of the molecule is CNC1CCCC1ONC(=O)C1C2CCC23CN1C(=O)N3OS(=O)(=O)O. The molecule has 5 unspecified atom stereocenters. The van der Waals surface area contributed by atoms with E-state index < -0.39 is 33.9 Å². The fourth-order valence-electron chi connectivity index (χ4n) is 4.83. The van der Waals surface area contributed by atoms with Gasteiger partial charge in [0.25, 0.3) is 5.91 Å². The second-order valence-corrected chi connectivity index (χ2v) is 8.35. The van der Waals surface area contributed by atoms with Crippen LogP contribution in [-0.4, -0.2) is 72.2 Å². The number of nitrogens with zero attached hydrogens (tertiary/aromatic N) is 2. The van der Waals surface area contributed by atoms with Gasteiger partial charge in [-0.2, -0.15) is 13.5 Å². The van der Waals surface area contributed by atoms with Crippen molar-refractivity contribution in [1.82, 2.24) is 20.8 Å². The molecule has 0 aromatic rings. The van der Waals surface area contributed by atoms with E-state index in [2.05, 4.69) is 15.1 Å². The maximum atomic E-state index is 12.6. The Labute approximate surface area is 150 Å². The normalized spacial score (nSPS) is 38.5. The lowest BCUT2D eigenvalue weighted by Gasteiger charge is -2.50. The third-order valence-electron chi connectivity index (χ3n) is 6.14. The van der Waals surface area contributed by atoms with E-state index in [1.165, 1.54) is 4.90 Å². The van der Waals surface area contributed by atoms with Crippen LogP contribution in [0.2, 0.25) is 0 Å². The fraction of sp³-hybridized carbons (Fsp3) is 0.857. The molecule has 4 rings (SSSR count). The molecule has 3 amide bonds. The number of hydrogen-bond acceptors (Lipinski definition) is 7. The zero-order valence-corrected chi connectivity index (χ0v) is 15.1. The van der Waals surface area contributed by atoms with Gasteiger partial charge in [0.2, 0.25) is 0 Å². The van der Waals surface area contributed by atoms with Crippen molar-refractivity contribution in [2.75, 3.05) is 13.6 Å². The highest BCUT2D eigenvalue weighted by Crippen LogP contribution is 2.57. The monoisotopic (exact) mass is 390 g/mol. The molecule has 11 nitrogen and oxygen atoms in total. The standard InChI is InChI=1S/C14H22N4O7S/c1-15-9-3-2-4-10(9)24-16-12(19)11-8-5-6-14(8)7-17(11)13(20)18(14)25-26(21,22)23/h8-11,15H,2-7H2,1H3,(H,16,19)(H,21,22,23). The summed E-state index contributed by atoms with van der Waals surface area (Å²) in [6, 6.07) is -1.30. The van der Waals surface area contributed by atoms with Crippen molar-refractivity contribution in [2.45, 2.75) is 55.8 Å². The Hall–Kier alpha value is -1.47. The van der Waals surface area contributed by atoms with Gasteiger partial charge in [-0.1, -0.05) is 0 Å². The highest BCUT2D eigenvalue weighted by atomic mass is 32.3. The Kier molecular flexibility index (Phi) is 4.15. The third kappa shape index (κ3) is 2.59. The van der Waals surface area contributed by atoms with Crippen molar-refractivity contribution in [3.8, 4) is 0 Å². The lowest BCUT2D eigenvalue weighted by molar-refractivity contribution is -0.165. The molecule has 2 aliphatic heterocycles. The zero-order valence-electron chi connectivity index (χ0n) is 14.3. The Morgan fingerprint density at radius 3 is 2.73 bits per heavy atom. The number of likely N-dealkylation sites (N-methyl/N-ethyl adjacent to an activating group) is 1. The number of hydroxylamine groups is 3. The van der Waals surface area contributed by atoms with Crippen LogP contribution in [0.4, 0.5) is 4.79 Å². The van der Waals surface area contributed by atoms with Crippen LogP contribution in [0, 0.1) is 5.92 Å². The van der Waals surface area contributed by atoms with Gasteiger partial charge in [0.05, 0.1) is 5.54 Å². The number of nitrogens with one attached hydrogen (secondary N) is 2. The van der Waals surface area contributed by atoms with E-state index >= 15 is 0 Å². The first kappa shape index (κ1) is 17.9. The molecule has 0 radical (unpaired) electrons. The average Bonchev–Trinajstić information content (AvgIpc) is 3.18. The summed E-state index contributed by atoms with van der Waals surface area (Å²) in [5.74, 6) is -0.688. The molecule has 4 aliphatic rings. The Morgan fingerprint density at radius 2 is 2.12 bits per heavy atom. The number of amides is 3. The average molecular weight is 390 g/mol. The second-order valence-electron chi connectivity index (χ2n) is 7.35. The minimum Gasteiger partial charge on any atom is -0.314 e. The molecule has 2 saturated carbocycles. The Balaban J connectivity index is 1.44. The lowest BCUT2D eigenvalue weighted by Crippen LogP contribution is -2.66. The minimum atomic E-state index is -4.81. The van der Waals surface area contributed by atoms with Crippen molar-refractivity contribution < 1.29 is 31.7 Å². The van der Waals surface area contributed by atoms with Gasteiger partial charge in [0, 0.05) is 18.5 Å². The summed E-state index contributed by atoms with van der Waals surface area (Å²) in [6.07, 6.45) is 3.85. The van der Waals surface area contributed by atoms with Crippen molar-refractivity contribution in [3.05, 3.63) is 0 Å². The second kappa shape index (κ2) is 6.02. The predicted octanol–water partition coefficient (Wildman–Crippen LogP) is -0.822. The van der Waals surface area contributed by atoms with E-state index in [-0.39, 0.29) is 24.6 Å². The van der Waals surface area contributed by atoms with Crippen molar-refractivity contribution in [1.29, 1.82) is 0 Å². The van der Waals surface area contributed by atoms with E-state index in [1.54, 1.807) is 0 Å². The van der Waals surface area contributed by atoms with Crippen molar-refractivity contribution >= 4 is 22.3 Å². The minimum absolute atomic E-state index is 0.122. The van der Waals surface area contributed by atoms with Crippen LogP contribution in [0.5, 0.6) is 0 Å². The van der Waals surface area contributed by atoms with Crippen LogP contribution in [0.3, 0.4) is 0 Å². The van der Waals surface area contributed by atoms with Crippen LogP contribution >= 0.6 is 0 Å².